The second-order valence-electron chi connectivity index (χ2n) is 6.20. The van der Waals surface area contributed by atoms with Crippen LogP contribution in [0.5, 0.6) is 6.01 Å². The van der Waals surface area contributed by atoms with Gasteiger partial charge in [0.1, 0.15) is 6.10 Å². The maximum atomic E-state index is 12.4. The molecule has 0 saturated carbocycles. The lowest BCUT2D eigenvalue weighted by atomic mass is 10.1. The van der Waals surface area contributed by atoms with Crippen LogP contribution in [0.25, 0.3) is 0 Å². The van der Waals surface area contributed by atoms with Gasteiger partial charge in [0.2, 0.25) is 0 Å². The molecule has 1 aliphatic heterocycles. The van der Waals surface area contributed by atoms with Crippen LogP contribution in [0, 0.1) is 0 Å². The van der Waals surface area contributed by atoms with Crippen molar-refractivity contribution >= 4 is 6.03 Å². The Hall–Kier alpha value is -2.63. The van der Waals surface area contributed by atoms with Crippen molar-refractivity contribution in [3.8, 4) is 6.01 Å². The zero-order valence-electron chi connectivity index (χ0n) is 14.5. The summed E-state index contributed by atoms with van der Waals surface area (Å²) < 4.78 is 5.85. The van der Waals surface area contributed by atoms with E-state index >= 15 is 0 Å². The monoisotopic (exact) mass is 340 g/mol. The summed E-state index contributed by atoms with van der Waals surface area (Å²) in [5, 5.41) is 2.97. The highest BCUT2D eigenvalue weighted by Crippen LogP contribution is 2.15. The molecule has 1 N–H and O–H groups in total. The van der Waals surface area contributed by atoms with Crippen LogP contribution in [0.4, 0.5) is 4.79 Å². The third-order valence-corrected chi connectivity index (χ3v) is 4.31. The molecule has 1 fully saturated rings. The molecule has 0 bridgehead atoms. The molecule has 2 heterocycles. The zero-order chi connectivity index (χ0) is 17.5. The van der Waals surface area contributed by atoms with Gasteiger partial charge in [-0.3, -0.25) is 0 Å². The molecular formula is C19H24N4O2. The number of amides is 2. The predicted octanol–water partition coefficient (Wildman–Crippen LogP) is 2.79. The number of carbonyl (C=O) groups excluding carboxylic acids is 1. The van der Waals surface area contributed by atoms with E-state index in [9.17, 15) is 4.79 Å². The number of aromatic nitrogens is 2. The average Bonchev–Trinajstić information content (AvgIpc) is 2.68. The van der Waals surface area contributed by atoms with Gasteiger partial charge in [0.05, 0.1) is 6.54 Å². The minimum Gasteiger partial charge on any atom is -0.458 e. The van der Waals surface area contributed by atoms with Gasteiger partial charge in [-0.25, -0.2) is 14.8 Å². The van der Waals surface area contributed by atoms with Gasteiger partial charge in [0.15, 0.2) is 0 Å². The number of piperidine rings is 1. The molecule has 132 valence electrons. The molecule has 0 aliphatic carbocycles. The Bertz CT molecular complexity index is 676. The second-order valence-corrected chi connectivity index (χ2v) is 6.20. The molecule has 6 nitrogen and oxygen atoms in total. The summed E-state index contributed by atoms with van der Waals surface area (Å²) in [4.78, 5) is 22.7. The molecule has 1 atom stereocenters. The smallest absolute Gasteiger partial charge is 0.317 e. The molecule has 1 saturated heterocycles. The van der Waals surface area contributed by atoms with Gasteiger partial charge in [-0.15, -0.1) is 0 Å². The van der Waals surface area contributed by atoms with Crippen molar-refractivity contribution in [1.29, 1.82) is 0 Å². The van der Waals surface area contributed by atoms with Gasteiger partial charge in [-0.05, 0) is 30.4 Å². The van der Waals surface area contributed by atoms with Gasteiger partial charge >= 0.3 is 12.0 Å². The van der Waals surface area contributed by atoms with Crippen molar-refractivity contribution in [2.45, 2.75) is 38.8 Å². The Balaban J connectivity index is 1.50. The van der Waals surface area contributed by atoms with E-state index < -0.39 is 0 Å². The molecule has 1 aromatic carbocycles. The van der Waals surface area contributed by atoms with Crippen LogP contribution in [-0.2, 0) is 13.0 Å². The van der Waals surface area contributed by atoms with Crippen molar-refractivity contribution in [2.24, 2.45) is 0 Å². The van der Waals surface area contributed by atoms with Gasteiger partial charge in [0.25, 0.3) is 0 Å². The molecule has 1 aromatic heterocycles. The highest BCUT2D eigenvalue weighted by atomic mass is 16.5. The molecule has 3 rings (SSSR count). The van der Waals surface area contributed by atoms with Crippen molar-refractivity contribution in [3.63, 3.8) is 0 Å². The number of hydrogen-bond acceptors (Lipinski definition) is 4. The first kappa shape index (κ1) is 17.2. The summed E-state index contributed by atoms with van der Waals surface area (Å²) in [6.07, 6.45) is 6.23. The van der Waals surface area contributed by atoms with E-state index in [2.05, 4.69) is 22.2 Å². The second kappa shape index (κ2) is 8.46. The van der Waals surface area contributed by atoms with E-state index in [1.165, 1.54) is 0 Å². The molecule has 1 unspecified atom stereocenters. The fraction of sp³-hybridized carbons (Fsp3) is 0.421. The van der Waals surface area contributed by atoms with Crippen LogP contribution in [-0.4, -0.2) is 40.1 Å². The quantitative estimate of drug-likeness (QED) is 0.909. The fourth-order valence-electron chi connectivity index (χ4n) is 2.84. The van der Waals surface area contributed by atoms with E-state index in [0.29, 0.717) is 19.1 Å². The number of nitrogens with zero attached hydrogens (tertiary/aromatic N) is 3. The molecule has 6 heteroatoms. The number of urea groups is 1. The first-order chi connectivity index (χ1) is 12.2. The SMILES string of the molecule is CCc1cnc(OC2CCCN(C(=O)NCc3ccccc3)C2)nc1. The predicted molar refractivity (Wildman–Crippen MR) is 95.3 cm³/mol. The van der Waals surface area contributed by atoms with Crippen LogP contribution in [0.2, 0.25) is 0 Å². The van der Waals surface area contributed by atoms with Crippen molar-refractivity contribution in [3.05, 3.63) is 53.9 Å². The van der Waals surface area contributed by atoms with E-state index in [1.807, 2.05) is 30.3 Å². The number of ether oxygens (including phenoxy) is 1. The maximum Gasteiger partial charge on any atom is 0.317 e. The van der Waals surface area contributed by atoms with Gasteiger partial charge in [0, 0.05) is 25.5 Å². The number of carbonyl (C=O) groups is 1. The van der Waals surface area contributed by atoms with Crippen molar-refractivity contribution < 1.29 is 9.53 Å². The third kappa shape index (κ3) is 4.92. The molecule has 25 heavy (non-hydrogen) atoms. The van der Waals surface area contributed by atoms with E-state index in [0.717, 1.165) is 36.9 Å². The van der Waals surface area contributed by atoms with E-state index in [4.69, 9.17) is 4.74 Å². The summed E-state index contributed by atoms with van der Waals surface area (Å²) in [7, 11) is 0. The summed E-state index contributed by atoms with van der Waals surface area (Å²) in [6.45, 7) is 3.89. The first-order valence-corrected chi connectivity index (χ1v) is 8.79. The van der Waals surface area contributed by atoms with Crippen molar-refractivity contribution in [2.75, 3.05) is 13.1 Å². The number of rotatable bonds is 5. The lowest BCUT2D eigenvalue weighted by Crippen LogP contribution is -2.48. The normalized spacial score (nSPS) is 17.2. The topological polar surface area (TPSA) is 67.3 Å². The Labute approximate surface area is 148 Å². The van der Waals surface area contributed by atoms with Crippen molar-refractivity contribution in [1.82, 2.24) is 20.2 Å². The molecular weight excluding hydrogens is 316 g/mol. The number of nitrogens with one attached hydrogen (secondary N) is 1. The first-order valence-electron chi connectivity index (χ1n) is 8.79. The average molecular weight is 340 g/mol. The zero-order valence-corrected chi connectivity index (χ0v) is 14.5. The lowest BCUT2D eigenvalue weighted by molar-refractivity contribution is 0.0937. The molecule has 2 aromatic rings. The Kier molecular flexibility index (Phi) is 5.82. The number of aryl methyl sites for hydroxylation is 1. The standard InChI is InChI=1S/C19H24N4O2/c1-2-15-11-20-18(21-12-15)25-17-9-6-10-23(14-17)19(24)22-13-16-7-4-3-5-8-16/h3-5,7-8,11-12,17H,2,6,9-10,13-14H2,1H3,(H,22,24). The Morgan fingerprint density at radius 1 is 1.24 bits per heavy atom. The summed E-state index contributed by atoms with van der Waals surface area (Å²) in [5.41, 5.74) is 2.17. The molecule has 0 radical (unpaired) electrons. The van der Waals surface area contributed by atoms with Crippen LogP contribution in [0.3, 0.4) is 0 Å². The third-order valence-electron chi connectivity index (χ3n) is 4.31. The fourth-order valence-corrected chi connectivity index (χ4v) is 2.84. The Morgan fingerprint density at radius 2 is 2.00 bits per heavy atom. The number of hydrogen-bond donors (Lipinski definition) is 1. The minimum atomic E-state index is -0.0660. The minimum absolute atomic E-state index is 0.0561. The Morgan fingerprint density at radius 3 is 2.72 bits per heavy atom. The highest BCUT2D eigenvalue weighted by Gasteiger charge is 2.25. The van der Waals surface area contributed by atoms with Crippen LogP contribution < -0.4 is 10.1 Å². The number of benzene rings is 1. The summed E-state index contributed by atoms with van der Waals surface area (Å²) in [5.74, 6) is 0. The van der Waals surface area contributed by atoms with Gasteiger partial charge in [-0.1, -0.05) is 37.3 Å². The molecule has 1 aliphatic rings. The highest BCUT2D eigenvalue weighted by molar-refractivity contribution is 5.74. The van der Waals surface area contributed by atoms with E-state index in [-0.39, 0.29) is 12.1 Å². The summed E-state index contributed by atoms with van der Waals surface area (Å²) >= 11 is 0. The van der Waals surface area contributed by atoms with Crippen LogP contribution in [0.15, 0.2) is 42.7 Å². The lowest BCUT2D eigenvalue weighted by Gasteiger charge is -2.32. The van der Waals surface area contributed by atoms with E-state index in [1.54, 1.807) is 17.3 Å². The molecule has 0 spiro atoms. The summed E-state index contributed by atoms with van der Waals surface area (Å²) in [6, 6.07) is 10.2. The molecule has 2 amide bonds. The number of likely N-dealkylation sites (tertiary alicyclic amines) is 1. The largest absolute Gasteiger partial charge is 0.458 e. The van der Waals surface area contributed by atoms with Gasteiger partial charge in [-0.2, -0.15) is 0 Å². The van der Waals surface area contributed by atoms with Gasteiger partial charge < -0.3 is 15.0 Å². The van der Waals surface area contributed by atoms with Crippen LogP contribution >= 0.6 is 0 Å². The van der Waals surface area contributed by atoms with Crippen LogP contribution in [0.1, 0.15) is 30.9 Å². The maximum absolute atomic E-state index is 12.4.